The fourth-order valence-electron chi connectivity index (χ4n) is 1.95. The van der Waals surface area contributed by atoms with E-state index in [1.54, 1.807) is 12.0 Å². The van der Waals surface area contributed by atoms with Crippen molar-refractivity contribution in [1.82, 2.24) is 4.90 Å². The largest absolute Gasteiger partial charge is 0.496 e. The Kier molecular flexibility index (Phi) is 7.04. The number of aliphatic hydroxyl groups excluding tert-OH is 1. The first-order valence-electron chi connectivity index (χ1n) is 6.88. The summed E-state index contributed by atoms with van der Waals surface area (Å²) in [6.45, 7) is 2.60. The van der Waals surface area contributed by atoms with Crippen LogP contribution < -0.4 is 10.5 Å². The minimum absolute atomic E-state index is 0.0423. The summed E-state index contributed by atoms with van der Waals surface area (Å²) in [5, 5.41) is 9.13. The van der Waals surface area contributed by atoms with Crippen molar-refractivity contribution in [2.45, 2.75) is 32.4 Å². The van der Waals surface area contributed by atoms with Crippen LogP contribution in [0.2, 0.25) is 0 Å². The maximum absolute atomic E-state index is 12.2. The zero-order valence-electron chi connectivity index (χ0n) is 12.2. The van der Waals surface area contributed by atoms with Crippen molar-refractivity contribution < 1.29 is 14.6 Å². The average Bonchev–Trinajstić information content (AvgIpc) is 2.47. The number of nitrogens with zero attached hydrogens (tertiary/aromatic N) is 1. The fourth-order valence-corrected chi connectivity index (χ4v) is 1.95. The number of carbonyl (C=O) groups excluding carboxylic acids is 1. The summed E-state index contributed by atoms with van der Waals surface area (Å²) in [5.74, 6) is 0.697. The maximum atomic E-state index is 12.2. The maximum Gasteiger partial charge on any atom is 0.224 e. The van der Waals surface area contributed by atoms with Crippen LogP contribution >= 0.6 is 0 Å². The number of rotatable bonds is 8. The molecule has 5 nitrogen and oxygen atoms in total. The second-order valence-electron chi connectivity index (χ2n) is 4.72. The third-order valence-electron chi connectivity index (χ3n) is 3.24. The molecule has 112 valence electrons. The monoisotopic (exact) mass is 280 g/mol. The average molecular weight is 280 g/mol. The summed E-state index contributed by atoms with van der Waals surface area (Å²) in [6.07, 6.45) is 1.05. The van der Waals surface area contributed by atoms with Gasteiger partial charge in [0.2, 0.25) is 5.91 Å². The molecule has 1 atom stereocenters. The first kappa shape index (κ1) is 16.5. The van der Waals surface area contributed by atoms with Crippen molar-refractivity contribution in [3.63, 3.8) is 0 Å². The summed E-state index contributed by atoms with van der Waals surface area (Å²) >= 11 is 0. The van der Waals surface area contributed by atoms with Gasteiger partial charge in [-0.3, -0.25) is 4.79 Å². The molecule has 1 aromatic rings. The van der Waals surface area contributed by atoms with Crippen molar-refractivity contribution in [3.8, 4) is 5.75 Å². The van der Waals surface area contributed by atoms with Gasteiger partial charge in [0.05, 0.1) is 13.7 Å². The van der Waals surface area contributed by atoms with Gasteiger partial charge in [-0.1, -0.05) is 25.1 Å². The van der Waals surface area contributed by atoms with Crippen LogP contribution in [0, 0.1) is 0 Å². The Morgan fingerprint density at radius 1 is 1.45 bits per heavy atom. The molecule has 0 aliphatic carbocycles. The van der Waals surface area contributed by atoms with Crippen LogP contribution in [0.1, 0.15) is 25.3 Å². The van der Waals surface area contributed by atoms with Gasteiger partial charge in [-0.2, -0.15) is 0 Å². The topological polar surface area (TPSA) is 75.8 Å². The molecule has 0 spiro atoms. The Hall–Kier alpha value is -1.59. The molecule has 0 radical (unpaired) electrons. The van der Waals surface area contributed by atoms with Gasteiger partial charge >= 0.3 is 0 Å². The first-order valence-corrected chi connectivity index (χ1v) is 6.88. The second kappa shape index (κ2) is 8.55. The molecule has 0 bridgehead atoms. The molecule has 3 N–H and O–H groups in total. The van der Waals surface area contributed by atoms with Crippen molar-refractivity contribution in [2.75, 3.05) is 20.3 Å². The van der Waals surface area contributed by atoms with Crippen LogP contribution in [0.25, 0.3) is 0 Å². The van der Waals surface area contributed by atoms with Crippen molar-refractivity contribution >= 4 is 5.91 Å². The van der Waals surface area contributed by atoms with E-state index in [1.807, 2.05) is 31.2 Å². The van der Waals surface area contributed by atoms with Crippen molar-refractivity contribution in [2.24, 2.45) is 5.73 Å². The zero-order chi connectivity index (χ0) is 15.0. The lowest BCUT2D eigenvalue weighted by molar-refractivity contribution is -0.132. The highest BCUT2D eigenvalue weighted by Crippen LogP contribution is 2.19. The molecule has 5 heteroatoms. The lowest BCUT2D eigenvalue weighted by atomic mass is 10.1. The molecule has 1 aromatic carbocycles. The zero-order valence-corrected chi connectivity index (χ0v) is 12.2. The normalized spacial score (nSPS) is 12.0. The predicted octanol–water partition coefficient (Wildman–Crippen LogP) is 1.14. The SMILES string of the molecule is CCC(N)CC(=O)N(CCO)Cc1ccccc1OC. The van der Waals surface area contributed by atoms with E-state index in [9.17, 15) is 4.79 Å². The van der Waals surface area contributed by atoms with E-state index in [0.29, 0.717) is 19.5 Å². The van der Waals surface area contributed by atoms with Gasteiger partial charge in [-0.05, 0) is 12.5 Å². The van der Waals surface area contributed by atoms with E-state index in [-0.39, 0.29) is 18.6 Å². The number of amides is 1. The van der Waals surface area contributed by atoms with Crippen molar-refractivity contribution in [1.29, 1.82) is 0 Å². The highest BCUT2D eigenvalue weighted by Gasteiger charge is 2.17. The molecule has 20 heavy (non-hydrogen) atoms. The standard InChI is InChI=1S/C15H24N2O3/c1-3-13(16)10-15(19)17(8-9-18)11-12-6-4-5-7-14(12)20-2/h4-7,13,18H,3,8-11,16H2,1-2H3. The number of methoxy groups -OCH3 is 1. The third-order valence-corrected chi connectivity index (χ3v) is 3.24. The number of para-hydroxylation sites is 1. The number of nitrogens with two attached hydrogens (primary N) is 1. The molecule has 0 fully saturated rings. The lowest BCUT2D eigenvalue weighted by Crippen LogP contribution is -2.37. The van der Waals surface area contributed by atoms with Gasteiger partial charge in [-0.15, -0.1) is 0 Å². The number of carbonyl (C=O) groups is 1. The van der Waals surface area contributed by atoms with E-state index in [2.05, 4.69) is 0 Å². The summed E-state index contributed by atoms with van der Waals surface area (Å²) in [7, 11) is 1.60. The summed E-state index contributed by atoms with van der Waals surface area (Å²) in [4.78, 5) is 13.8. The number of ether oxygens (including phenoxy) is 1. The van der Waals surface area contributed by atoms with Gasteiger partial charge in [-0.25, -0.2) is 0 Å². The molecule has 0 aromatic heterocycles. The third kappa shape index (κ3) is 4.83. The van der Waals surface area contributed by atoms with Crippen LogP contribution in [0.3, 0.4) is 0 Å². The Morgan fingerprint density at radius 2 is 2.15 bits per heavy atom. The highest BCUT2D eigenvalue weighted by molar-refractivity contribution is 5.76. The Balaban J connectivity index is 2.78. The molecule has 1 amide bonds. The van der Waals surface area contributed by atoms with Crippen molar-refractivity contribution in [3.05, 3.63) is 29.8 Å². The lowest BCUT2D eigenvalue weighted by Gasteiger charge is -2.24. The van der Waals surface area contributed by atoms with Gasteiger partial charge in [0.25, 0.3) is 0 Å². The number of benzene rings is 1. The molecule has 1 unspecified atom stereocenters. The number of hydrogen-bond acceptors (Lipinski definition) is 4. The van der Waals surface area contributed by atoms with Crippen LogP contribution in [0.5, 0.6) is 5.75 Å². The van der Waals surface area contributed by atoms with E-state index in [4.69, 9.17) is 15.6 Å². The van der Waals surface area contributed by atoms with Crippen LogP contribution in [0.15, 0.2) is 24.3 Å². The molecule has 0 heterocycles. The van der Waals surface area contributed by atoms with Gasteiger partial charge in [0, 0.05) is 31.1 Å². The summed E-state index contributed by atoms with van der Waals surface area (Å²) in [6, 6.07) is 7.41. The Morgan fingerprint density at radius 3 is 2.75 bits per heavy atom. The molecule has 0 aliphatic heterocycles. The minimum atomic E-state index is -0.138. The summed E-state index contributed by atoms with van der Waals surface area (Å²) < 4.78 is 5.28. The quantitative estimate of drug-likeness (QED) is 0.749. The van der Waals surface area contributed by atoms with E-state index < -0.39 is 0 Å². The van der Waals surface area contributed by atoms with Gasteiger partial charge in [0.15, 0.2) is 0 Å². The number of aliphatic hydroxyl groups is 1. The van der Waals surface area contributed by atoms with E-state index >= 15 is 0 Å². The molecular weight excluding hydrogens is 256 g/mol. The second-order valence-corrected chi connectivity index (χ2v) is 4.72. The number of hydrogen-bond donors (Lipinski definition) is 2. The van der Waals surface area contributed by atoms with Gasteiger partial charge < -0.3 is 20.5 Å². The van der Waals surface area contributed by atoms with E-state index in [0.717, 1.165) is 17.7 Å². The van der Waals surface area contributed by atoms with Crippen LogP contribution in [-0.2, 0) is 11.3 Å². The highest BCUT2D eigenvalue weighted by atomic mass is 16.5. The van der Waals surface area contributed by atoms with E-state index in [1.165, 1.54) is 0 Å². The first-order chi connectivity index (χ1) is 9.62. The Bertz CT molecular complexity index is 423. The molecule has 1 rings (SSSR count). The molecule has 0 saturated heterocycles. The van der Waals surface area contributed by atoms with Crippen LogP contribution in [-0.4, -0.2) is 42.2 Å². The summed E-state index contributed by atoms with van der Waals surface area (Å²) in [5.41, 5.74) is 6.74. The minimum Gasteiger partial charge on any atom is -0.496 e. The van der Waals surface area contributed by atoms with Crippen LogP contribution in [0.4, 0.5) is 0 Å². The fraction of sp³-hybridized carbons (Fsp3) is 0.533. The molecule has 0 saturated carbocycles. The molecular formula is C15H24N2O3. The predicted molar refractivity (Wildman–Crippen MR) is 78.4 cm³/mol. The molecule has 0 aliphatic rings. The van der Waals surface area contributed by atoms with Gasteiger partial charge in [0.1, 0.15) is 5.75 Å². The Labute approximate surface area is 120 Å². The smallest absolute Gasteiger partial charge is 0.224 e.